The van der Waals surface area contributed by atoms with Crippen molar-refractivity contribution in [2.24, 2.45) is 0 Å². The molecule has 6 heteroatoms. The summed E-state index contributed by atoms with van der Waals surface area (Å²) < 4.78 is 0. The molecule has 0 aromatic heterocycles. The minimum atomic E-state index is -0.621. The molecule has 1 atom stereocenters. The molecular weight excluding hydrogens is 407 g/mol. The molecule has 0 radical (unpaired) electrons. The first-order valence-corrected chi connectivity index (χ1v) is 10.4. The molecule has 0 aliphatic heterocycles. The van der Waals surface area contributed by atoms with Gasteiger partial charge >= 0.3 is 0 Å². The van der Waals surface area contributed by atoms with Crippen LogP contribution in [0, 0.1) is 13.8 Å². The molecule has 1 unspecified atom stereocenters. The van der Waals surface area contributed by atoms with E-state index in [1.165, 1.54) is 0 Å². The minimum absolute atomic E-state index is 0.00843. The lowest BCUT2D eigenvalue weighted by Crippen LogP contribution is -2.49. The van der Waals surface area contributed by atoms with Gasteiger partial charge in [-0.2, -0.15) is 0 Å². The molecule has 0 heterocycles. The molecule has 2 aromatic carbocycles. The molecule has 0 aliphatic rings. The number of hydrogen-bond acceptors (Lipinski definition) is 2. The Morgan fingerprint density at radius 2 is 1.69 bits per heavy atom. The van der Waals surface area contributed by atoms with Crippen LogP contribution in [-0.2, 0) is 22.6 Å². The van der Waals surface area contributed by atoms with Crippen molar-refractivity contribution >= 4 is 35.0 Å². The van der Waals surface area contributed by atoms with Crippen LogP contribution in [0.5, 0.6) is 0 Å². The Bertz CT molecular complexity index is 896. The Morgan fingerprint density at radius 1 is 1.00 bits per heavy atom. The number of aryl methyl sites for hydroxylation is 2. The number of benzene rings is 2. The van der Waals surface area contributed by atoms with Crippen LogP contribution >= 0.6 is 23.2 Å². The predicted molar refractivity (Wildman–Crippen MR) is 119 cm³/mol. The third-order valence-corrected chi connectivity index (χ3v) is 5.52. The average molecular weight is 435 g/mol. The van der Waals surface area contributed by atoms with E-state index in [2.05, 4.69) is 5.32 Å². The summed E-state index contributed by atoms with van der Waals surface area (Å²) in [6, 6.07) is 10.7. The molecule has 2 aromatic rings. The highest BCUT2D eigenvalue weighted by Crippen LogP contribution is 2.24. The van der Waals surface area contributed by atoms with Gasteiger partial charge in [0.25, 0.3) is 0 Å². The van der Waals surface area contributed by atoms with Gasteiger partial charge in [0.05, 0.1) is 16.5 Å². The number of rotatable bonds is 7. The fourth-order valence-electron chi connectivity index (χ4n) is 3.08. The Labute approximate surface area is 183 Å². The summed E-state index contributed by atoms with van der Waals surface area (Å²) in [6.07, 6.45) is 0.230. The number of carbonyl (C=O) groups is 2. The van der Waals surface area contributed by atoms with Crippen molar-refractivity contribution in [2.75, 3.05) is 0 Å². The lowest BCUT2D eigenvalue weighted by atomic mass is 10.0. The molecule has 2 rings (SSSR count). The molecule has 1 N–H and O–H groups in total. The second-order valence-electron chi connectivity index (χ2n) is 7.72. The molecule has 0 saturated carbocycles. The molecule has 4 nitrogen and oxygen atoms in total. The number of halogens is 2. The van der Waals surface area contributed by atoms with Crippen LogP contribution in [0.25, 0.3) is 0 Å². The molecule has 2 amide bonds. The number of amides is 2. The molecule has 0 bridgehead atoms. The Hall–Kier alpha value is -2.04. The number of nitrogens with one attached hydrogen (secondary N) is 1. The highest BCUT2D eigenvalue weighted by molar-refractivity contribution is 6.42. The third-order valence-electron chi connectivity index (χ3n) is 4.78. The van der Waals surface area contributed by atoms with Gasteiger partial charge < -0.3 is 10.2 Å². The van der Waals surface area contributed by atoms with Crippen LogP contribution in [0.2, 0.25) is 10.0 Å². The monoisotopic (exact) mass is 434 g/mol. The van der Waals surface area contributed by atoms with Crippen LogP contribution in [-0.4, -0.2) is 28.8 Å². The standard InChI is InChI=1S/C23H28Cl2N2O2/c1-14(2)26-23(29)17(5)27(13-18-8-9-20(24)21(25)11-18)22(28)12-19-10-15(3)6-7-16(19)4/h6-11,14,17H,12-13H2,1-5H3,(H,26,29). The Kier molecular flexibility index (Phi) is 8.12. The Morgan fingerprint density at radius 3 is 2.31 bits per heavy atom. The van der Waals surface area contributed by atoms with Gasteiger partial charge in [-0.15, -0.1) is 0 Å². The topological polar surface area (TPSA) is 49.4 Å². The number of hydrogen-bond donors (Lipinski definition) is 1. The molecule has 29 heavy (non-hydrogen) atoms. The Balaban J connectivity index is 2.31. The maximum absolute atomic E-state index is 13.3. The summed E-state index contributed by atoms with van der Waals surface area (Å²) in [5.41, 5.74) is 3.93. The van der Waals surface area contributed by atoms with E-state index in [4.69, 9.17) is 23.2 Å². The predicted octanol–water partition coefficient (Wildman–Crippen LogP) is 5.09. The lowest BCUT2D eigenvalue weighted by Gasteiger charge is -2.30. The van der Waals surface area contributed by atoms with Gasteiger partial charge in [-0.05, 0) is 63.4 Å². The summed E-state index contributed by atoms with van der Waals surface area (Å²) >= 11 is 12.2. The summed E-state index contributed by atoms with van der Waals surface area (Å²) in [7, 11) is 0. The van der Waals surface area contributed by atoms with E-state index in [-0.39, 0.29) is 30.8 Å². The van der Waals surface area contributed by atoms with E-state index >= 15 is 0 Å². The van der Waals surface area contributed by atoms with Crippen molar-refractivity contribution in [1.82, 2.24) is 10.2 Å². The maximum Gasteiger partial charge on any atom is 0.242 e. The van der Waals surface area contributed by atoms with Gasteiger partial charge in [-0.25, -0.2) is 0 Å². The van der Waals surface area contributed by atoms with E-state index in [9.17, 15) is 9.59 Å². The molecule has 0 spiro atoms. The summed E-state index contributed by atoms with van der Waals surface area (Å²) in [5, 5.41) is 3.76. The van der Waals surface area contributed by atoms with E-state index in [1.807, 2.05) is 52.0 Å². The summed E-state index contributed by atoms with van der Waals surface area (Å²) in [5.74, 6) is -0.300. The van der Waals surface area contributed by atoms with E-state index in [0.29, 0.717) is 10.0 Å². The second kappa shape index (κ2) is 10.1. The van der Waals surface area contributed by atoms with Crippen molar-refractivity contribution in [2.45, 2.75) is 59.7 Å². The largest absolute Gasteiger partial charge is 0.352 e. The van der Waals surface area contributed by atoms with Gasteiger partial charge in [-0.1, -0.05) is 53.0 Å². The molecule has 156 valence electrons. The van der Waals surface area contributed by atoms with Crippen LogP contribution in [0.4, 0.5) is 0 Å². The van der Waals surface area contributed by atoms with Crippen molar-refractivity contribution in [3.8, 4) is 0 Å². The SMILES string of the molecule is Cc1ccc(C)c(CC(=O)N(Cc2ccc(Cl)c(Cl)c2)C(C)C(=O)NC(C)C)c1. The van der Waals surface area contributed by atoms with E-state index < -0.39 is 6.04 Å². The van der Waals surface area contributed by atoms with Gasteiger partial charge in [0.1, 0.15) is 6.04 Å². The van der Waals surface area contributed by atoms with Crippen molar-refractivity contribution in [3.05, 3.63) is 68.7 Å². The molecule has 0 aliphatic carbocycles. The van der Waals surface area contributed by atoms with Crippen molar-refractivity contribution < 1.29 is 9.59 Å². The van der Waals surface area contributed by atoms with Gasteiger partial charge in [0.15, 0.2) is 0 Å². The van der Waals surface area contributed by atoms with E-state index in [0.717, 1.165) is 22.3 Å². The first-order valence-electron chi connectivity index (χ1n) is 9.68. The van der Waals surface area contributed by atoms with Crippen LogP contribution < -0.4 is 5.32 Å². The summed E-state index contributed by atoms with van der Waals surface area (Å²) in [4.78, 5) is 27.5. The quantitative estimate of drug-likeness (QED) is 0.658. The summed E-state index contributed by atoms with van der Waals surface area (Å²) in [6.45, 7) is 9.79. The van der Waals surface area contributed by atoms with Gasteiger partial charge in [0.2, 0.25) is 11.8 Å². The zero-order valence-electron chi connectivity index (χ0n) is 17.6. The van der Waals surface area contributed by atoms with Crippen LogP contribution in [0.3, 0.4) is 0 Å². The van der Waals surface area contributed by atoms with E-state index in [1.54, 1.807) is 24.0 Å². The third kappa shape index (κ3) is 6.48. The first-order chi connectivity index (χ1) is 13.6. The zero-order chi connectivity index (χ0) is 21.7. The number of nitrogens with zero attached hydrogens (tertiary/aromatic N) is 1. The zero-order valence-corrected chi connectivity index (χ0v) is 19.1. The smallest absolute Gasteiger partial charge is 0.242 e. The van der Waals surface area contributed by atoms with Crippen molar-refractivity contribution in [1.29, 1.82) is 0 Å². The van der Waals surface area contributed by atoms with Crippen LogP contribution in [0.15, 0.2) is 36.4 Å². The fourth-order valence-corrected chi connectivity index (χ4v) is 3.40. The van der Waals surface area contributed by atoms with Gasteiger partial charge in [0, 0.05) is 12.6 Å². The highest BCUT2D eigenvalue weighted by atomic mass is 35.5. The van der Waals surface area contributed by atoms with Crippen LogP contribution in [0.1, 0.15) is 43.0 Å². The van der Waals surface area contributed by atoms with Gasteiger partial charge in [-0.3, -0.25) is 9.59 Å². The normalized spacial score (nSPS) is 12.0. The van der Waals surface area contributed by atoms with Crippen molar-refractivity contribution in [3.63, 3.8) is 0 Å². The fraction of sp³-hybridized carbons (Fsp3) is 0.391. The average Bonchev–Trinajstić information content (AvgIpc) is 2.64. The first kappa shape index (κ1) is 23.2. The molecular formula is C23H28Cl2N2O2. The highest BCUT2D eigenvalue weighted by Gasteiger charge is 2.27. The maximum atomic E-state index is 13.3. The molecule has 0 saturated heterocycles. The lowest BCUT2D eigenvalue weighted by molar-refractivity contribution is -0.140. The number of carbonyl (C=O) groups excluding carboxylic acids is 2. The minimum Gasteiger partial charge on any atom is -0.352 e. The second-order valence-corrected chi connectivity index (χ2v) is 8.53. The molecule has 0 fully saturated rings.